The van der Waals surface area contributed by atoms with Gasteiger partial charge in [-0.3, -0.25) is 0 Å². The molecule has 0 aliphatic carbocycles. The summed E-state index contributed by atoms with van der Waals surface area (Å²) in [5.41, 5.74) is 0. The molecule has 0 heterocycles. The van der Waals surface area contributed by atoms with Crippen LogP contribution >= 0.6 is 67.8 Å². The van der Waals surface area contributed by atoms with Crippen LogP contribution in [0.4, 0.5) is 0 Å². The van der Waals surface area contributed by atoms with Crippen molar-refractivity contribution < 1.29 is 0 Å². The molecule has 13 heavy (non-hydrogen) atoms. The Morgan fingerprint density at radius 2 is 1.15 bits per heavy atom. The van der Waals surface area contributed by atoms with Gasteiger partial charge < -0.3 is 0 Å². The zero-order chi connectivity index (χ0) is 9.94. The first-order valence-electron chi connectivity index (χ1n) is 5.11. The Labute approximate surface area is 124 Å². The van der Waals surface area contributed by atoms with Gasteiger partial charge in [0.15, 0.2) is 0 Å². The molecule has 0 nitrogen and oxygen atoms in total. The van der Waals surface area contributed by atoms with Gasteiger partial charge in [0.25, 0.3) is 0 Å². The number of hydrogen-bond donors (Lipinski definition) is 0. The number of halogens is 3. The molecule has 0 aromatic carbocycles. The van der Waals surface area contributed by atoms with Gasteiger partial charge >= 0.3 is 0 Å². The Bertz CT molecular complexity index is 94.2. The van der Waals surface area contributed by atoms with Crippen molar-refractivity contribution in [1.82, 2.24) is 0 Å². The van der Waals surface area contributed by atoms with Crippen LogP contribution in [-0.4, -0.2) is 6.36 Å². The molecule has 0 unspecified atom stereocenters. The highest BCUT2D eigenvalue weighted by Gasteiger charge is 1.96. The van der Waals surface area contributed by atoms with E-state index >= 15 is 0 Å². The van der Waals surface area contributed by atoms with E-state index in [4.69, 9.17) is 0 Å². The topological polar surface area (TPSA) is 0 Å². The lowest BCUT2D eigenvalue weighted by Gasteiger charge is -2.02. The summed E-state index contributed by atoms with van der Waals surface area (Å²) in [5, 5.41) is 0. The van der Waals surface area contributed by atoms with Crippen molar-refractivity contribution in [3.63, 3.8) is 0 Å². The molecule has 0 radical (unpaired) electrons. The molecule has 0 aliphatic heterocycles. The second-order valence-electron chi connectivity index (χ2n) is 3.34. The van der Waals surface area contributed by atoms with E-state index in [0.29, 0.717) is 0 Å². The molecule has 0 saturated heterocycles. The third-order valence-electron chi connectivity index (χ3n) is 2.06. The van der Waals surface area contributed by atoms with Crippen molar-refractivity contribution >= 4 is 67.8 Å². The van der Waals surface area contributed by atoms with Crippen LogP contribution in [0.25, 0.3) is 0 Å². The smallest absolute Gasteiger partial charge is 0.0626 e. The van der Waals surface area contributed by atoms with Crippen molar-refractivity contribution in [2.45, 2.75) is 53.3 Å². The Hall–Kier alpha value is 2.19. The Morgan fingerprint density at radius 1 is 0.692 bits per heavy atom. The van der Waals surface area contributed by atoms with Crippen molar-refractivity contribution in [3.05, 3.63) is 0 Å². The molecule has 3 heteroatoms. The third kappa shape index (κ3) is 14.2. The van der Waals surface area contributed by atoms with E-state index in [-0.39, 0.29) is 0 Å². The third-order valence-corrected chi connectivity index (χ3v) is 4.06. The molecule has 0 fully saturated rings. The maximum Gasteiger partial charge on any atom is 0.0626 e. The van der Waals surface area contributed by atoms with Crippen molar-refractivity contribution in [3.8, 4) is 0 Å². The van der Waals surface area contributed by atoms with Crippen LogP contribution in [-0.2, 0) is 0 Å². The lowest BCUT2D eigenvalue weighted by atomic mass is 10.1. The summed E-state index contributed by atoms with van der Waals surface area (Å²) in [6.45, 7) is 0. The maximum atomic E-state index is 2.51. The molecule has 80 valence electrons. The van der Waals surface area contributed by atoms with Crippen LogP contribution in [0.1, 0.15) is 51.4 Å². The second kappa shape index (κ2) is 12.3. The largest absolute Gasteiger partial charge is 0.0864 e. The fourth-order valence-electron chi connectivity index (χ4n) is 1.28. The molecule has 0 bridgehead atoms. The summed E-state index contributed by atoms with van der Waals surface area (Å²) in [5.74, 6) is 0. The molecule has 0 amide bonds. The van der Waals surface area contributed by atoms with Gasteiger partial charge in [-0.25, -0.2) is 0 Å². The van der Waals surface area contributed by atoms with Crippen molar-refractivity contribution in [2.75, 3.05) is 4.43 Å². The average molecular weight is 520 g/mol. The minimum absolute atomic E-state index is 0.842. The fourth-order valence-corrected chi connectivity index (χ4v) is 2.70. The molecule has 0 aromatic rings. The van der Waals surface area contributed by atoms with Gasteiger partial charge in [-0.2, -0.15) is 0 Å². The zero-order valence-electron chi connectivity index (χ0n) is 8.08. The highest BCUT2D eigenvalue weighted by Crippen LogP contribution is 2.18. The quantitative estimate of drug-likeness (QED) is 0.207. The molecule has 0 spiro atoms. The van der Waals surface area contributed by atoms with Gasteiger partial charge in [-0.1, -0.05) is 106 Å². The van der Waals surface area contributed by atoms with Gasteiger partial charge in [-0.05, 0) is 17.3 Å². The Kier molecular flexibility index (Phi) is 14.3. The predicted octanol–water partition coefficient (Wildman–Crippen LogP) is 5.74. The molecule has 0 rings (SSSR count). The SMILES string of the molecule is ICCCCCCCCCC(I)I. The fraction of sp³-hybridized carbons (Fsp3) is 1.00. The van der Waals surface area contributed by atoms with Gasteiger partial charge in [0.05, 0.1) is 1.93 Å². The average Bonchev–Trinajstić information content (AvgIpc) is 2.09. The van der Waals surface area contributed by atoms with Crippen LogP contribution in [0.5, 0.6) is 0 Å². The summed E-state index contributed by atoms with van der Waals surface area (Å²) < 4.78 is 2.18. The molecular weight excluding hydrogens is 501 g/mol. The minimum Gasteiger partial charge on any atom is -0.0864 e. The molecule has 0 saturated carbocycles. The lowest BCUT2D eigenvalue weighted by molar-refractivity contribution is 0.588. The standard InChI is InChI=1S/C10H19I3/c11-9-7-5-3-1-2-4-6-8-10(12)13/h10H,1-9H2. The van der Waals surface area contributed by atoms with E-state index in [1.54, 1.807) is 0 Å². The molecule has 0 atom stereocenters. The molecular formula is C10H19I3. The first-order chi connectivity index (χ1) is 6.27. The minimum atomic E-state index is 0.842. The van der Waals surface area contributed by atoms with E-state index in [1.165, 1.54) is 55.8 Å². The van der Waals surface area contributed by atoms with Crippen molar-refractivity contribution in [2.24, 2.45) is 0 Å². The molecule has 0 aromatic heterocycles. The highest BCUT2D eigenvalue weighted by atomic mass is 127. The zero-order valence-corrected chi connectivity index (χ0v) is 14.5. The first-order valence-corrected chi connectivity index (χ1v) is 9.13. The molecule has 0 N–H and O–H groups in total. The van der Waals surface area contributed by atoms with Gasteiger partial charge in [0, 0.05) is 0 Å². The normalized spacial score (nSPS) is 11.1. The molecule has 0 aliphatic rings. The van der Waals surface area contributed by atoms with Crippen molar-refractivity contribution in [1.29, 1.82) is 0 Å². The lowest BCUT2D eigenvalue weighted by Crippen LogP contribution is -1.85. The first kappa shape index (κ1) is 15.2. The van der Waals surface area contributed by atoms with Crippen LogP contribution in [0.15, 0.2) is 0 Å². The number of hydrogen-bond acceptors (Lipinski definition) is 0. The number of alkyl halides is 3. The Balaban J connectivity index is 2.84. The van der Waals surface area contributed by atoms with Gasteiger partial charge in [-0.15, -0.1) is 0 Å². The van der Waals surface area contributed by atoms with Gasteiger partial charge in [0.2, 0.25) is 0 Å². The van der Waals surface area contributed by atoms with Gasteiger partial charge in [0.1, 0.15) is 0 Å². The van der Waals surface area contributed by atoms with E-state index in [0.717, 1.165) is 1.93 Å². The van der Waals surface area contributed by atoms with Crippen LogP contribution in [0, 0.1) is 0 Å². The van der Waals surface area contributed by atoms with E-state index in [1.807, 2.05) is 0 Å². The number of unbranched alkanes of at least 4 members (excludes halogenated alkanes) is 6. The summed E-state index contributed by atoms with van der Waals surface area (Å²) in [7, 11) is 0. The van der Waals surface area contributed by atoms with Crippen LogP contribution in [0.3, 0.4) is 0 Å². The number of rotatable bonds is 9. The van der Waals surface area contributed by atoms with Crippen LogP contribution in [0.2, 0.25) is 0 Å². The van der Waals surface area contributed by atoms with E-state index in [9.17, 15) is 0 Å². The summed E-state index contributed by atoms with van der Waals surface area (Å²) >= 11 is 7.48. The van der Waals surface area contributed by atoms with Crippen LogP contribution < -0.4 is 0 Å². The summed E-state index contributed by atoms with van der Waals surface area (Å²) in [6, 6.07) is 0. The maximum absolute atomic E-state index is 2.51. The predicted molar refractivity (Wildman–Crippen MR) is 87.7 cm³/mol. The summed E-state index contributed by atoms with van der Waals surface area (Å²) in [6.07, 6.45) is 11.5. The summed E-state index contributed by atoms with van der Waals surface area (Å²) in [4.78, 5) is 0. The monoisotopic (exact) mass is 520 g/mol. The van der Waals surface area contributed by atoms with E-state index < -0.39 is 0 Å². The Morgan fingerprint density at radius 3 is 1.62 bits per heavy atom. The second-order valence-corrected chi connectivity index (χ2v) is 9.81. The van der Waals surface area contributed by atoms with E-state index in [2.05, 4.69) is 67.8 Å². The highest BCUT2D eigenvalue weighted by molar-refractivity contribution is 14.2.